The Morgan fingerprint density at radius 1 is 1.31 bits per heavy atom. The molecule has 0 unspecified atom stereocenters. The number of hydrogen-bond donors (Lipinski definition) is 1. The van der Waals surface area contributed by atoms with Gasteiger partial charge in [0.15, 0.2) is 0 Å². The van der Waals surface area contributed by atoms with E-state index in [2.05, 4.69) is 0 Å². The lowest BCUT2D eigenvalue weighted by atomic mass is 9.81. The second-order valence-electron chi connectivity index (χ2n) is 6.77. The van der Waals surface area contributed by atoms with E-state index in [4.69, 9.17) is 4.74 Å². The Morgan fingerprint density at radius 3 is 2.62 bits per heavy atom. The SMILES string of the molecule is CCS(=O)(=O)N1C[C@@H]2CN(C(=O)c3cccc(OC)c3)C[C@]2(C(=O)O)C1. The van der Waals surface area contributed by atoms with E-state index < -0.39 is 27.3 Å². The molecule has 142 valence electrons. The first-order chi connectivity index (χ1) is 12.2. The Balaban J connectivity index is 1.84. The van der Waals surface area contributed by atoms with E-state index in [1.165, 1.54) is 23.2 Å². The lowest BCUT2D eigenvalue weighted by Crippen LogP contribution is -2.43. The van der Waals surface area contributed by atoms with Crippen LogP contribution in [0.15, 0.2) is 24.3 Å². The van der Waals surface area contributed by atoms with Gasteiger partial charge in [-0.2, -0.15) is 0 Å². The van der Waals surface area contributed by atoms with E-state index in [0.717, 1.165) is 0 Å². The van der Waals surface area contributed by atoms with Crippen LogP contribution >= 0.6 is 0 Å². The molecule has 0 saturated carbocycles. The molecule has 0 aromatic heterocycles. The molecule has 3 rings (SSSR count). The van der Waals surface area contributed by atoms with Gasteiger partial charge in [0.1, 0.15) is 11.2 Å². The van der Waals surface area contributed by atoms with Gasteiger partial charge in [0.05, 0.1) is 12.9 Å². The summed E-state index contributed by atoms with van der Waals surface area (Å²) in [6.07, 6.45) is 0. The minimum absolute atomic E-state index is 0.00121. The summed E-state index contributed by atoms with van der Waals surface area (Å²) in [6.45, 7) is 1.79. The van der Waals surface area contributed by atoms with Gasteiger partial charge < -0.3 is 14.7 Å². The predicted octanol–water partition coefficient (Wildman–Crippen LogP) is 0.504. The van der Waals surface area contributed by atoms with Gasteiger partial charge in [0.25, 0.3) is 5.91 Å². The summed E-state index contributed by atoms with van der Waals surface area (Å²) in [5.74, 6) is -1.28. The maximum Gasteiger partial charge on any atom is 0.313 e. The summed E-state index contributed by atoms with van der Waals surface area (Å²) in [7, 11) is -1.95. The van der Waals surface area contributed by atoms with Crippen molar-refractivity contribution in [1.29, 1.82) is 0 Å². The first-order valence-corrected chi connectivity index (χ1v) is 9.99. The van der Waals surface area contributed by atoms with Crippen LogP contribution in [0.1, 0.15) is 17.3 Å². The Labute approximate surface area is 152 Å². The normalized spacial score (nSPS) is 25.9. The molecule has 2 saturated heterocycles. The fraction of sp³-hybridized carbons (Fsp3) is 0.529. The zero-order chi connectivity index (χ0) is 19.1. The van der Waals surface area contributed by atoms with E-state index in [9.17, 15) is 23.1 Å². The Bertz CT molecular complexity index is 839. The van der Waals surface area contributed by atoms with Crippen LogP contribution in [-0.2, 0) is 14.8 Å². The minimum Gasteiger partial charge on any atom is -0.497 e. The minimum atomic E-state index is -3.46. The number of hydrogen-bond acceptors (Lipinski definition) is 5. The molecule has 26 heavy (non-hydrogen) atoms. The van der Waals surface area contributed by atoms with Crippen LogP contribution in [0.2, 0.25) is 0 Å². The summed E-state index contributed by atoms with van der Waals surface area (Å²) in [6, 6.07) is 6.69. The maximum absolute atomic E-state index is 12.8. The average Bonchev–Trinajstić information content (AvgIpc) is 3.17. The Hall–Kier alpha value is -2.13. The molecule has 0 aliphatic carbocycles. The van der Waals surface area contributed by atoms with Crippen LogP contribution in [-0.4, -0.2) is 73.6 Å². The summed E-state index contributed by atoms with van der Waals surface area (Å²) in [5, 5.41) is 9.80. The van der Waals surface area contributed by atoms with Crippen molar-refractivity contribution in [3.63, 3.8) is 0 Å². The Morgan fingerprint density at radius 2 is 2.04 bits per heavy atom. The molecule has 2 heterocycles. The van der Waals surface area contributed by atoms with Crippen molar-refractivity contribution >= 4 is 21.9 Å². The van der Waals surface area contributed by atoms with Gasteiger partial charge in [-0.15, -0.1) is 0 Å². The molecule has 1 amide bonds. The largest absolute Gasteiger partial charge is 0.497 e. The number of carboxylic acids is 1. The molecule has 1 N–H and O–H groups in total. The zero-order valence-electron chi connectivity index (χ0n) is 14.7. The van der Waals surface area contributed by atoms with Crippen LogP contribution in [0.4, 0.5) is 0 Å². The lowest BCUT2D eigenvalue weighted by Gasteiger charge is -2.25. The molecule has 1 aromatic rings. The van der Waals surface area contributed by atoms with Gasteiger partial charge in [0.2, 0.25) is 10.0 Å². The molecule has 8 nitrogen and oxygen atoms in total. The van der Waals surface area contributed by atoms with Gasteiger partial charge in [-0.1, -0.05) is 6.07 Å². The molecule has 2 fully saturated rings. The van der Waals surface area contributed by atoms with Gasteiger partial charge >= 0.3 is 5.97 Å². The molecule has 2 aliphatic heterocycles. The topological polar surface area (TPSA) is 104 Å². The third kappa shape index (κ3) is 2.95. The predicted molar refractivity (Wildman–Crippen MR) is 93.5 cm³/mol. The molecule has 1 aromatic carbocycles. The lowest BCUT2D eigenvalue weighted by molar-refractivity contribution is -0.148. The van der Waals surface area contributed by atoms with Crippen molar-refractivity contribution in [2.24, 2.45) is 11.3 Å². The van der Waals surface area contributed by atoms with E-state index >= 15 is 0 Å². The van der Waals surface area contributed by atoms with Crippen LogP contribution in [0, 0.1) is 11.3 Å². The standard InChI is InChI=1S/C17H22N2O6S/c1-3-26(23,24)19-9-13-8-18(10-17(13,11-19)16(21)22)15(20)12-5-4-6-14(7-12)25-2/h4-7,13H,3,8-11H2,1-2H3,(H,21,22)/t13-,17-/m0/s1. The van der Waals surface area contributed by atoms with E-state index in [-0.39, 0.29) is 37.8 Å². The summed E-state index contributed by atoms with van der Waals surface area (Å²) in [4.78, 5) is 26.3. The summed E-state index contributed by atoms with van der Waals surface area (Å²) < 4.78 is 30.7. The van der Waals surface area contributed by atoms with E-state index in [1.807, 2.05) is 0 Å². The highest BCUT2D eigenvalue weighted by molar-refractivity contribution is 7.89. The fourth-order valence-corrected chi connectivity index (χ4v) is 5.01. The number of nitrogens with zero attached hydrogens (tertiary/aromatic N) is 2. The molecule has 0 spiro atoms. The van der Waals surface area contributed by atoms with Gasteiger partial charge in [-0.25, -0.2) is 12.7 Å². The number of rotatable bonds is 5. The van der Waals surface area contributed by atoms with Crippen LogP contribution in [0.5, 0.6) is 5.75 Å². The van der Waals surface area contributed by atoms with Crippen LogP contribution < -0.4 is 4.74 Å². The number of amides is 1. The first-order valence-electron chi connectivity index (χ1n) is 8.38. The van der Waals surface area contributed by atoms with Crippen molar-refractivity contribution in [3.05, 3.63) is 29.8 Å². The fourth-order valence-electron chi connectivity index (χ4n) is 3.81. The van der Waals surface area contributed by atoms with Crippen molar-refractivity contribution in [2.45, 2.75) is 6.92 Å². The molecular weight excluding hydrogens is 360 g/mol. The third-order valence-electron chi connectivity index (χ3n) is 5.37. The van der Waals surface area contributed by atoms with Crippen LogP contribution in [0.3, 0.4) is 0 Å². The number of sulfonamides is 1. The number of methoxy groups -OCH3 is 1. The van der Waals surface area contributed by atoms with Crippen molar-refractivity contribution in [2.75, 3.05) is 39.0 Å². The summed E-state index contributed by atoms with van der Waals surface area (Å²) in [5.41, 5.74) is -0.834. The molecule has 2 aliphatic rings. The van der Waals surface area contributed by atoms with Gasteiger partial charge in [-0.05, 0) is 25.1 Å². The number of carbonyl (C=O) groups excluding carboxylic acids is 1. The maximum atomic E-state index is 12.8. The average molecular weight is 382 g/mol. The van der Waals surface area contributed by atoms with E-state index in [0.29, 0.717) is 11.3 Å². The highest BCUT2D eigenvalue weighted by Crippen LogP contribution is 2.44. The highest BCUT2D eigenvalue weighted by atomic mass is 32.2. The van der Waals surface area contributed by atoms with Crippen molar-refractivity contribution < 1.29 is 27.9 Å². The number of ether oxygens (including phenoxy) is 1. The van der Waals surface area contributed by atoms with Crippen molar-refractivity contribution in [3.8, 4) is 5.75 Å². The van der Waals surface area contributed by atoms with Crippen molar-refractivity contribution in [1.82, 2.24) is 9.21 Å². The number of carbonyl (C=O) groups is 2. The molecule has 0 bridgehead atoms. The third-order valence-corrected chi connectivity index (χ3v) is 7.16. The van der Waals surface area contributed by atoms with Gasteiger partial charge in [0, 0.05) is 37.7 Å². The smallest absolute Gasteiger partial charge is 0.313 e. The second-order valence-corrected chi connectivity index (χ2v) is 9.03. The monoisotopic (exact) mass is 382 g/mol. The number of benzene rings is 1. The molecule has 0 radical (unpaired) electrons. The van der Waals surface area contributed by atoms with Crippen LogP contribution in [0.25, 0.3) is 0 Å². The van der Waals surface area contributed by atoms with E-state index in [1.54, 1.807) is 24.3 Å². The second kappa shape index (κ2) is 6.55. The molecule has 9 heteroatoms. The number of fused-ring (bicyclic) bond motifs is 1. The zero-order valence-corrected chi connectivity index (χ0v) is 15.5. The number of likely N-dealkylation sites (tertiary alicyclic amines) is 1. The Kier molecular flexibility index (Phi) is 4.70. The number of aliphatic carboxylic acids is 1. The molecular formula is C17H22N2O6S. The van der Waals surface area contributed by atoms with Gasteiger partial charge in [-0.3, -0.25) is 9.59 Å². The quantitative estimate of drug-likeness (QED) is 0.795. The highest BCUT2D eigenvalue weighted by Gasteiger charge is 2.60. The first kappa shape index (κ1) is 18.7. The summed E-state index contributed by atoms with van der Waals surface area (Å²) >= 11 is 0. The number of carboxylic acid groups (broad SMARTS) is 1. The molecule has 2 atom stereocenters.